The molecule has 0 unspecified atom stereocenters. The zero-order valence-corrected chi connectivity index (χ0v) is 9.65. The molecule has 2 rings (SSSR count). The Morgan fingerprint density at radius 1 is 1.13 bits per heavy atom. The van der Waals surface area contributed by atoms with E-state index in [-0.39, 0.29) is 6.29 Å². The van der Waals surface area contributed by atoms with E-state index in [1.165, 1.54) is 25.7 Å². The Morgan fingerprint density at radius 3 is 2.60 bits per heavy atom. The van der Waals surface area contributed by atoms with Gasteiger partial charge in [-0.15, -0.1) is 0 Å². The van der Waals surface area contributed by atoms with Gasteiger partial charge in [-0.25, -0.2) is 0 Å². The van der Waals surface area contributed by atoms with Crippen LogP contribution in [-0.4, -0.2) is 19.5 Å². The molecule has 15 heavy (non-hydrogen) atoms. The van der Waals surface area contributed by atoms with Gasteiger partial charge >= 0.3 is 0 Å². The van der Waals surface area contributed by atoms with E-state index in [0.29, 0.717) is 0 Å². The van der Waals surface area contributed by atoms with Gasteiger partial charge in [0.25, 0.3) is 0 Å². The minimum atomic E-state index is 0.0841. The van der Waals surface area contributed by atoms with Crippen LogP contribution in [-0.2, 0) is 9.47 Å². The molecule has 2 fully saturated rings. The second-order valence-electron chi connectivity index (χ2n) is 4.64. The summed E-state index contributed by atoms with van der Waals surface area (Å²) in [6.45, 7) is 3.69. The molecule has 86 valence electrons. The van der Waals surface area contributed by atoms with Crippen LogP contribution in [0.15, 0.2) is 12.2 Å². The Balaban J connectivity index is 1.86. The fraction of sp³-hybridized carbons (Fsp3) is 0.846. The van der Waals surface area contributed by atoms with Gasteiger partial charge in [0.15, 0.2) is 6.29 Å². The topological polar surface area (TPSA) is 18.5 Å². The second kappa shape index (κ2) is 5.66. The summed E-state index contributed by atoms with van der Waals surface area (Å²) < 4.78 is 11.1. The van der Waals surface area contributed by atoms with Crippen LogP contribution in [0.25, 0.3) is 0 Å². The van der Waals surface area contributed by atoms with Crippen molar-refractivity contribution in [1.82, 2.24) is 0 Å². The molecule has 0 aromatic heterocycles. The highest BCUT2D eigenvalue weighted by Gasteiger charge is 2.28. The highest BCUT2D eigenvalue weighted by atomic mass is 16.7. The van der Waals surface area contributed by atoms with E-state index < -0.39 is 0 Å². The summed E-state index contributed by atoms with van der Waals surface area (Å²) in [6, 6.07) is 0. The molecular formula is C13H22O2. The molecule has 1 saturated heterocycles. The van der Waals surface area contributed by atoms with Crippen molar-refractivity contribution in [3.63, 3.8) is 0 Å². The molecule has 1 aliphatic carbocycles. The number of hydrogen-bond acceptors (Lipinski definition) is 2. The van der Waals surface area contributed by atoms with Crippen molar-refractivity contribution in [2.24, 2.45) is 11.8 Å². The van der Waals surface area contributed by atoms with Gasteiger partial charge < -0.3 is 9.47 Å². The average molecular weight is 210 g/mol. The molecule has 0 radical (unpaired) electrons. The van der Waals surface area contributed by atoms with Crippen molar-refractivity contribution in [2.45, 2.75) is 45.3 Å². The SMILES string of the molecule is C/C=C\[C@@H]1CCCC[C@H]1CC1OCCO1. The third-order valence-corrected chi connectivity index (χ3v) is 3.59. The summed E-state index contributed by atoms with van der Waals surface area (Å²) in [6.07, 6.45) is 11.2. The van der Waals surface area contributed by atoms with Gasteiger partial charge in [0, 0.05) is 6.42 Å². The van der Waals surface area contributed by atoms with Crippen molar-refractivity contribution >= 4 is 0 Å². The lowest BCUT2D eigenvalue weighted by Crippen LogP contribution is -2.23. The zero-order valence-electron chi connectivity index (χ0n) is 9.65. The van der Waals surface area contributed by atoms with Crippen LogP contribution < -0.4 is 0 Å². The van der Waals surface area contributed by atoms with Crippen LogP contribution in [0.4, 0.5) is 0 Å². The van der Waals surface area contributed by atoms with Gasteiger partial charge in [-0.1, -0.05) is 25.0 Å². The first-order chi connectivity index (χ1) is 7.40. The lowest BCUT2D eigenvalue weighted by Gasteiger charge is -2.30. The zero-order chi connectivity index (χ0) is 10.5. The maximum atomic E-state index is 5.54. The summed E-state index contributed by atoms with van der Waals surface area (Å²) >= 11 is 0. The largest absolute Gasteiger partial charge is 0.350 e. The van der Waals surface area contributed by atoms with Crippen LogP contribution in [0.2, 0.25) is 0 Å². The van der Waals surface area contributed by atoms with Gasteiger partial charge in [0.2, 0.25) is 0 Å². The van der Waals surface area contributed by atoms with Gasteiger partial charge in [0.1, 0.15) is 0 Å². The fourth-order valence-corrected chi connectivity index (χ4v) is 2.82. The molecule has 0 N–H and O–H groups in total. The molecule has 2 nitrogen and oxygen atoms in total. The van der Waals surface area contributed by atoms with Gasteiger partial charge in [-0.3, -0.25) is 0 Å². The fourth-order valence-electron chi connectivity index (χ4n) is 2.82. The molecule has 1 heterocycles. The Labute approximate surface area is 92.6 Å². The molecule has 2 aliphatic rings. The third-order valence-electron chi connectivity index (χ3n) is 3.59. The van der Waals surface area contributed by atoms with Gasteiger partial charge in [0.05, 0.1) is 13.2 Å². The Kier molecular flexibility index (Phi) is 4.21. The summed E-state index contributed by atoms with van der Waals surface area (Å²) in [5.41, 5.74) is 0. The van der Waals surface area contributed by atoms with Crippen LogP contribution >= 0.6 is 0 Å². The Bertz CT molecular complexity index is 207. The van der Waals surface area contributed by atoms with E-state index in [0.717, 1.165) is 31.5 Å². The minimum Gasteiger partial charge on any atom is -0.350 e. The van der Waals surface area contributed by atoms with Crippen LogP contribution in [0.3, 0.4) is 0 Å². The number of hydrogen-bond donors (Lipinski definition) is 0. The standard InChI is InChI=1S/C13H22O2/c1-2-5-11-6-3-4-7-12(11)10-13-14-8-9-15-13/h2,5,11-13H,3-4,6-10H2,1H3/b5-2-/t11-,12+/m1/s1. The van der Waals surface area contributed by atoms with E-state index in [1.54, 1.807) is 0 Å². The monoisotopic (exact) mass is 210 g/mol. The first kappa shape index (κ1) is 11.2. The number of allylic oxidation sites excluding steroid dienone is 2. The van der Waals surface area contributed by atoms with Crippen molar-refractivity contribution in [2.75, 3.05) is 13.2 Å². The molecular weight excluding hydrogens is 188 g/mol. The molecule has 0 bridgehead atoms. The van der Waals surface area contributed by atoms with Crippen LogP contribution in [0.5, 0.6) is 0 Å². The lowest BCUT2D eigenvalue weighted by molar-refractivity contribution is -0.0631. The lowest BCUT2D eigenvalue weighted by atomic mass is 9.77. The van der Waals surface area contributed by atoms with E-state index >= 15 is 0 Å². The van der Waals surface area contributed by atoms with E-state index in [4.69, 9.17) is 9.47 Å². The summed E-state index contributed by atoms with van der Waals surface area (Å²) in [7, 11) is 0. The molecule has 2 atom stereocenters. The average Bonchev–Trinajstić information content (AvgIpc) is 2.74. The smallest absolute Gasteiger partial charge is 0.158 e. The van der Waals surface area contributed by atoms with Crippen molar-refractivity contribution < 1.29 is 9.47 Å². The quantitative estimate of drug-likeness (QED) is 0.666. The van der Waals surface area contributed by atoms with Crippen molar-refractivity contribution in [3.05, 3.63) is 12.2 Å². The predicted octanol–water partition coefficient (Wildman–Crippen LogP) is 3.13. The molecule has 1 aliphatic heterocycles. The van der Waals surface area contributed by atoms with Crippen molar-refractivity contribution in [1.29, 1.82) is 0 Å². The maximum absolute atomic E-state index is 5.54. The first-order valence-corrected chi connectivity index (χ1v) is 6.26. The number of ether oxygens (including phenoxy) is 2. The molecule has 0 spiro atoms. The van der Waals surface area contributed by atoms with Crippen LogP contribution in [0.1, 0.15) is 39.0 Å². The minimum absolute atomic E-state index is 0.0841. The summed E-state index contributed by atoms with van der Waals surface area (Å²) in [5.74, 6) is 1.54. The predicted molar refractivity (Wildman–Crippen MR) is 60.6 cm³/mol. The Morgan fingerprint density at radius 2 is 1.87 bits per heavy atom. The summed E-state index contributed by atoms with van der Waals surface area (Å²) in [4.78, 5) is 0. The maximum Gasteiger partial charge on any atom is 0.158 e. The third kappa shape index (κ3) is 3.05. The highest BCUT2D eigenvalue weighted by molar-refractivity contribution is 4.92. The van der Waals surface area contributed by atoms with Gasteiger partial charge in [-0.2, -0.15) is 0 Å². The molecule has 0 aromatic rings. The van der Waals surface area contributed by atoms with Crippen molar-refractivity contribution in [3.8, 4) is 0 Å². The summed E-state index contributed by atoms with van der Waals surface area (Å²) in [5, 5.41) is 0. The van der Waals surface area contributed by atoms with Gasteiger partial charge in [-0.05, 0) is 31.6 Å². The molecule has 1 saturated carbocycles. The highest BCUT2D eigenvalue weighted by Crippen LogP contribution is 2.35. The molecule has 2 heteroatoms. The van der Waals surface area contributed by atoms with E-state index in [2.05, 4.69) is 19.1 Å². The molecule has 0 amide bonds. The normalized spacial score (nSPS) is 33.9. The number of rotatable bonds is 3. The van der Waals surface area contributed by atoms with Crippen LogP contribution in [0, 0.1) is 11.8 Å². The molecule has 0 aromatic carbocycles. The van der Waals surface area contributed by atoms with E-state index in [9.17, 15) is 0 Å². The first-order valence-electron chi connectivity index (χ1n) is 6.26. The Hall–Kier alpha value is -0.340. The van der Waals surface area contributed by atoms with E-state index in [1.807, 2.05) is 0 Å². The second-order valence-corrected chi connectivity index (χ2v) is 4.64.